The predicted octanol–water partition coefficient (Wildman–Crippen LogP) is 4.07. The Morgan fingerprint density at radius 1 is 1.00 bits per heavy atom. The van der Waals surface area contributed by atoms with Gasteiger partial charge in [-0.05, 0) is 42.7 Å². The Hall–Kier alpha value is -3.93. The minimum Gasteiger partial charge on any atom is -0.496 e. The Morgan fingerprint density at radius 3 is 2.48 bits per heavy atom. The number of para-hydroxylation sites is 3. The van der Waals surface area contributed by atoms with Gasteiger partial charge in [0.1, 0.15) is 12.3 Å². The average molecular weight is 442 g/mol. The molecule has 1 unspecified atom stereocenters. The topological polar surface area (TPSA) is 64.4 Å². The van der Waals surface area contributed by atoms with Crippen LogP contribution < -0.4 is 10.3 Å². The number of fused-ring (bicyclic) bond motifs is 1. The summed E-state index contributed by atoms with van der Waals surface area (Å²) in [5, 5.41) is 0. The quantitative estimate of drug-likeness (QED) is 0.414. The maximum Gasteiger partial charge on any atom is 0.269 e. The summed E-state index contributed by atoms with van der Waals surface area (Å²) in [4.78, 5) is 32.3. The molecule has 0 saturated carbocycles. The van der Waals surface area contributed by atoms with Crippen LogP contribution in [0.4, 0.5) is 0 Å². The Bertz CT molecular complexity index is 1300. The molecule has 1 atom stereocenters. The highest BCUT2D eigenvalue weighted by atomic mass is 16.5. The lowest BCUT2D eigenvalue weighted by atomic mass is 10.0. The second-order valence-electron chi connectivity index (χ2n) is 8.04. The highest BCUT2D eigenvalue weighted by Crippen LogP contribution is 2.22. The summed E-state index contributed by atoms with van der Waals surface area (Å²) < 4.78 is 7.01. The van der Waals surface area contributed by atoms with E-state index in [4.69, 9.17) is 4.74 Å². The van der Waals surface area contributed by atoms with Gasteiger partial charge in [0.05, 0.1) is 24.3 Å². The molecule has 1 aromatic heterocycles. The van der Waals surface area contributed by atoms with Crippen molar-refractivity contribution in [3.05, 3.63) is 107 Å². The lowest BCUT2D eigenvalue weighted by Gasteiger charge is -2.30. The third-order valence-corrected chi connectivity index (χ3v) is 5.80. The first-order valence-electron chi connectivity index (χ1n) is 11.0. The number of hydrogen-bond acceptors (Lipinski definition) is 4. The molecular formula is C27H27N3O3. The zero-order valence-corrected chi connectivity index (χ0v) is 18.8. The van der Waals surface area contributed by atoms with Gasteiger partial charge in [-0.1, -0.05) is 60.7 Å². The van der Waals surface area contributed by atoms with Gasteiger partial charge in [0, 0.05) is 12.6 Å². The van der Waals surface area contributed by atoms with Crippen LogP contribution in [0.5, 0.6) is 5.75 Å². The molecule has 0 aliphatic heterocycles. The van der Waals surface area contributed by atoms with E-state index in [2.05, 4.69) is 4.98 Å². The summed E-state index contributed by atoms with van der Waals surface area (Å²) >= 11 is 0. The van der Waals surface area contributed by atoms with E-state index in [0.29, 0.717) is 24.0 Å². The van der Waals surface area contributed by atoms with Gasteiger partial charge in [-0.15, -0.1) is 0 Å². The minimum atomic E-state index is -0.293. The summed E-state index contributed by atoms with van der Waals surface area (Å²) in [5.74, 6) is 0.674. The van der Waals surface area contributed by atoms with Crippen molar-refractivity contribution in [2.75, 3.05) is 7.11 Å². The van der Waals surface area contributed by atoms with E-state index in [1.54, 1.807) is 7.11 Å². The molecule has 0 bridgehead atoms. The second-order valence-corrected chi connectivity index (χ2v) is 8.04. The number of ether oxygens (including phenoxy) is 1. The van der Waals surface area contributed by atoms with E-state index >= 15 is 0 Å². The van der Waals surface area contributed by atoms with Gasteiger partial charge in [-0.25, -0.2) is 4.98 Å². The number of benzene rings is 3. The molecule has 0 radical (unpaired) electrons. The molecule has 0 aliphatic carbocycles. The predicted molar refractivity (Wildman–Crippen MR) is 129 cm³/mol. The summed E-state index contributed by atoms with van der Waals surface area (Å²) in [6.07, 6.45) is 1.91. The van der Waals surface area contributed by atoms with E-state index in [9.17, 15) is 9.59 Å². The molecule has 6 nitrogen and oxygen atoms in total. The molecule has 0 aliphatic rings. The van der Waals surface area contributed by atoms with Crippen molar-refractivity contribution >= 4 is 16.9 Å². The van der Waals surface area contributed by atoms with E-state index in [1.165, 1.54) is 10.8 Å². The van der Waals surface area contributed by atoms with Crippen LogP contribution in [0.2, 0.25) is 0 Å². The van der Waals surface area contributed by atoms with Gasteiger partial charge in [0.15, 0.2) is 0 Å². The first kappa shape index (κ1) is 22.3. The van der Waals surface area contributed by atoms with Crippen molar-refractivity contribution in [2.24, 2.45) is 0 Å². The van der Waals surface area contributed by atoms with Crippen LogP contribution in [0, 0.1) is 0 Å². The fourth-order valence-electron chi connectivity index (χ4n) is 4.07. The van der Waals surface area contributed by atoms with Crippen LogP contribution in [0.15, 0.2) is 89.9 Å². The number of carbonyl (C=O) groups is 1. The molecular weight excluding hydrogens is 414 g/mol. The van der Waals surface area contributed by atoms with Gasteiger partial charge in [0.25, 0.3) is 5.56 Å². The SMILES string of the molecule is COc1ccccc1CC(C)N(Cc1ccccc1)C(=O)Cn1c(=O)cnc2ccccc21. The number of rotatable bonds is 8. The fraction of sp³-hybridized carbons (Fsp3) is 0.222. The van der Waals surface area contributed by atoms with Gasteiger partial charge in [-0.2, -0.15) is 0 Å². The molecule has 0 spiro atoms. The monoisotopic (exact) mass is 441 g/mol. The Morgan fingerprint density at radius 2 is 1.70 bits per heavy atom. The molecule has 4 aromatic rings. The zero-order chi connectivity index (χ0) is 23.2. The van der Waals surface area contributed by atoms with Crippen molar-refractivity contribution in [3.63, 3.8) is 0 Å². The minimum absolute atomic E-state index is 0.0506. The summed E-state index contributed by atoms with van der Waals surface area (Å²) in [5.41, 5.74) is 3.10. The van der Waals surface area contributed by atoms with Crippen LogP contribution in [-0.2, 0) is 24.3 Å². The number of carbonyl (C=O) groups excluding carboxylic acids is 1. The molecule has 6 heteroatoms. The van der Waals surface area contributed by atoms with Crippen molar-refractivity contribution in [2.45, 2.75) is 32.5 Å². The first-order valence-corrected chi connectivity index (χ1v) is 11.0. The van der Waals surface area contributed by atoms with Crippen LogP contribution in [0.25, 0.3) is 11.0 Å². The Kier molecular flexibility index (Phi) is 6.83. The zero-order valence-electron chi connectivity index (χ0n) is 18.8. The second kappa shape index (κ2) is 10.1. The lowest BCUT2D eigenvalue weighted by Crippen LogP contribution is -2.42. The number of hydrogen-bond donors (Lipinski definition) is 0. The van der Waals surface area contributed by atoms with Gasteiger partial charge in [-0.3, -0.25) is 14.2 Å². The Labute approximate surface area is 193 Å². The molecule has 0 fully saturated rings. The van der Waals surface area contributed by atoms with Crippen molar-refractivity contribution in [1.29, 1.82) is 0 Å². The maximum absolute atomic E-state index is 13.6. The van der Waals surface area contributed by atoms with E-state index in [1.807, 2.05) is 90.7 Å². The summed E-state index contributed by atoms with van der Waals surface area (Å²) in [7, 11) is 1.65. The normalized spacial score (nSPS) is 11.8. The van der Waals surface area contributed by atoms with E-state index in [0.717, 1.165) is 16.9 Å². The molecule has 0 N–H and O–H groups in total. The largest absolute Gasteiger partial charge is 0.496 e. The third-order valence-electron chi connectivity index (χ3n) is 5.80. The molecule has 4 rings (SSSR count). The molecule has 168 valence electrons. The van der Waals surface area contributed by atoms with Crippen molar-refractivity contribution in [1.82, 2.24) is 14.5 Å². The van der Waals surface area contributed by atoms with Crippen LogP contribution in [0.3, 0.4) is 0 Å². The number of nitrogens with zero attached hydrogens (tertiary/aromatic N) is 3. The highest BCUT2D eigenvalue weighted by Gasteiger charge is 2.23. The van der Waals surface area contributed by atoms with E-state index < -0.39 is 0 Å². The molecule has 1 amide bonds. The first-order chi connectivity index (χ1) is 16.1. The summed E-state index contributed by atoms with van der Waals surface area (Å²) in [6, 6.07) is 25.0. The molecule has 0 saturated heterocycles. The third kappa shape index (κ3) is 5.12. The number of aromatic nitrogens is 2. The summed E-state index contributed by atoms with van der Waals surface area (Å²) in [6.45, 7) is 2.43. The fourth-order valence-corrected chi connectivity index (χ4v) is 4.07. The Balaban J connectivity index is 1.65. The maximum atomic E-state index is 13.6. The van der Waals surface area contributed by atoms with Crippen LogP contribution in [0.1, 0.15) is 18.1 Å². The van der Waals surface area contributed by atoms with E-state index in [-0.39, 0.29) is 24.1 Å². The average Bonchev–Trinajstić information content (AvgIpc) is 2.85. The van der Waals surface area contributed by atoms with Crippen molar-refractivity contribution < 1.29 is 9.53 Å². The molecule has 33 heavy (non-hydrogen) atoms. The van der Waals surface area contributed by atoms with Crippen LogP contribution >= 0.6 is 0 Å². The highest BCUT2D eigenvalue weighted by molar-refractivity contribution is 5.80. The molecule has 1 heterocycles. The lowest BCUT2D eigenvalue weighted by molar-refractivity contribution is -0.134. The number of methoxy groups -OCH3 is 1. The number of amides is 1. The molecule has 3 aromatic carbocycles. The van der Waals surface area contributed by atoms with Crippen LogP contribution in [-0.4, -0.2) is 33.5 Å². The van der Waals surface area contributed by atoms with Gasteiger partial charge in [0.2, 0.25) is 5.91 Å². The van der Waals surface area contributed by atoms with Gasteiger partial charge >= 0.3 is 0 Å². The van der Waals surface area contributed by atoms with Crippen molar-refractivity contribution in [3.8, 4) is 5.75 Å². The standard InChI is InChI=1S/C27H27N3O3/c1-20(16-22-12-6-9-15-25(22)33-2)29(18-21-10-4-3-5-11-21)27(32)19-30-24-14-8-7-13-23(24)28-17-26(30)31/h3-15,17,20H,16,18-19H2,1-2H3. The smallest absolute Gasteiger partial charge is 0.269 e. The van der Waals surface area contributed by atoms with Gasteiger partial charge < -0.3 is 9.64 Å².